The third-order valence-electron chi connectivity index (χ3n) is 3.12. The first-order valence-corrected chi connectivity index (χ1v) is 7.93. The molecule has 0 radical (unpaired) electrons. The van der Waals surface area contributed by atoms with Gasteiger partial charge in [0.2, 0.25) is 0 Å². The number of carbonyl (C=O) groups is 1. The third-order valence-corrected chi connectivity index (χ3v) is 7.60. The van der Waals surface area contributed by atoms with Crippen LogP contribution < -0.4 is 0 Å². The molecule has 0 spiro atoms. The van der Waals surface area contributed by atoms with Crippen molar-refractivity contribution in [3.8, 4) is 0 Å². The Morgan fingerprint density at radius 2 is 2.00 bits per heavy atom. The summed E-state index contributed by atoms with van der Waals surface area (Å²) < 4.78 is 11.0. The number of Topliss-reactive ketones (excluding diaryl/α,β-unsaturated/α-hetero) is 1. The summed E-state index contributed by atoms with van der Waals surface area (Å²) in [4.78, 5) is 11.4. The Balaban J connectivity index is 2.63. The van der Waals surface area contributed by atoms with Crippen LogP contribution >= 0.6 is 0 Å². The van der Waals surface area contributed by atoms with Crippen LogP contribution in [0.15, 0.2) is 0 Å². The fourth-order valence-electron chi connectivity index (χ4n) is 1.08. The molecule has 0 aromatic heterocycles. The zero-order valence-electron chi connectivity index (χ0n) is 9.72. The number of hydrogen-bond donors (Lipinski definition) is 0. The summed E-state index contributed by atoms with van der Waals surface area (Å²) in [6.45, 7) is 11.5. The average molecular weight is 216 g/mol. The zero-order chi connectivity index (χ0) is 11.0. The smallest absolute Gasteiger partial charge is 0.193 e. The van der Waals surface area contributed by atoms with Crippen molar-refractivity contribution in [3.05, 3.63) is 0 Å². The number of rotatable bonds is 2. The van der Waals surface area contributed by atoms with Gasteiger partial charge in [0.1, 0.15) is 12.7 Å². The molecule has 1 atom stereocenters. The molecule has 0 amide bonds. The fraction of sp³-hybridized carbons (Fsp3) is 0.900. The van der Waals surface area contributed by atoms with Crippen LogP contribution in [0.1, 0.15) is 20.8 Å². The minimum absolute atomic E-state index is 0.0924. The van der Waals surface area contributed by atoms with E-state index in [4.69, 9.17) is 9.16 Å². The molecule has 1 rings (SSSR count). The van der Waals surface area contributed by atoms with Gasteiger partial charge in [-0.05, 0) is 18.1 Å². The molecule has 1 fully saturated rings. The van der Waals surface area contributed by atoms with Crippen LogP contribution in [0.4, 0.5) is 0 Å². The number of ketones is 1. The quantitative estimate of drug-likeness (QED) is 0.662. The summed E-state index contributed by atoms with van der Waals surface area (Å²) in [5.41, 5.74) is 0. The summed E-state index contributed by atoms with van der Waals surface area (Å²) in [5, 5.41) is 0.149. The first-order valence-electron chi connectivity index (χ1n) is 5.02. The third kappa shape index (κ3) is 2.43. The average Bonchev–Trinajstić information content (AvgIpc) is 2.33. The van der Waals surface area contributed by atoms with Crippen molar-refractivity contribution in [3.63, 3.8) is 0 Å². The van der Waals surface area contributed by atoms with Gasteiger partial charge in [-0.3, -0.25) is 4.79 Å². The topological polar surface area (TPSA) is 35.5 Å². The van der Waals surface area contributed by atoms with Gasteiger partial charge in [0, 0.05) is 0 Å². The van der Waals surface area contributed by atoms with Gasteiger partial charge in [0.25, 0.3) is 0 Å². The van der Waals surface area contributed by atoms with E-state index in [1.165, 1.54) is 0 Å². The molecule has 0 saturated carbocycles. The van der Waals surface area contributed by atoms with Crippen LogP contribution in [0, 0.1) is 0 Å². The van der Waals surface area contributed by atoms with E-state index in [0.29, 0.717) is 6.61 Å². The Kier molecular flexibility index (Phi) is 3.19. The highest BCUT2D eigenvalue weighted by atomic mass is 28.4. The predicted molar refractivity (Wildman–Crippen MR) is 57.9 cm³/mol. The van der Waals surface area contributed by atoms with E-state index in [2.05, 4.69) is 33.9 Å². The van der Waals surface area contributed by atoms with E-state index in [9.17, 15) is 4.79 Å². The minimum Gasteiger partial charge on any atom is -0.404 e. The molecule has 82 valence electrons. The van der Waals surface area contributed by atoms with Gasteiger partial charge in [0.05, 0.1) is 6.61 Å². The summed E-state index contributed by atoms with van der Waals surface area (Å²) in [6, 6.07) is 0. The van der Waals surface area contributed by atoms with Gasteiger partial charge in [-0.2, -0.15) is 0 Å². The highest BCUT2D eigenvalue weighted by molar-refractivity contribution is 6.74. The van der Waals surface area contributed by atoms with E-state index in [1.807, 2.05) is 0 Å². The maximum absolute atomic E-state index is 11.4. The molecule has 1 aliphatic rings. The van der Waals surface area contributed by atoms with Crippen molar-refractivity contribution in [2.75, 3.05) is 13.2 Å². The lowest BCUT2D eigenvalue weighted by molar-refractivity contribution is -0.122. The van der Waals surface area contributed by atoms with E-state index >= 15 is 0 Å². The molecular weight excluding hydrogens is 196 g/mol. The lowest BCUT2D eigenvalue weighted by Gasteiger charge is -2.37. The molecule has 1 heterocycles. The highest BCUT2D eigenvalue weighted by Gasteiger charge is 2.41. The van der Waals surface area contributed by atoms with Gasteiger partial charge < -0.3 is 9.16 Å². The highest BCUT2D eigenvalue weighted by Crippen LogP contribution is 2.37. The molecule has 0 N–H and O–H groups in total. The standard InChI is InChI=1S/C10H20O3Si/c1-10(2,3)14(4,5)13-9-7-12-6-8(9)11/h9H,6-7H2,1-5H3. The molecule has 4 heteroatoms. The molecule has 1 saturated heterocycles. The molecule has 1 aliphatic heterocycles. The fourth-order valence-corrected chi connectivity index (χ4v) is 2.35. The van der Waals surface area contributed by atoms with Crippen molar-refractivity contribution in [2.45, 2.75) is 45.0 Å². The zero-order valence-corrected chi connectivity index (χ0v) is 10.7. The first kappa shape index (κ1) is 11.9. The number of hydrogen-bond acceptors (Lipinski definition) is 3. The lowest BCUT2D eigenvalue weighted by Crippen LogP contribution is -2.45. The normalized spacial score (nSPS) is 24.4. The number of carbonyl (C=O) groups excluding carboxylic acids is 1. The van der Waals surface area contributed by atoms with Crippen LogP contribution in [-0.4, -0.2) is 33.4 Å². The second kappa shape index (κ2) is 3.75. The SMILES string of the molecule is CC(C)(C)[Si](C)(C)OC1COCC1=O. The molecule has 0 aromatic rings. The summed E-state index contributed by atoms with van der Waals surface area (Å²) in [7, 11) is -1.81. The van der Waals surface area contributed by atoms with Gasteiger partial charge in [-0.25, -0.2) is 0 Å². The van der Waals surface area contributed by atoms with Gasteiger partial charge in [-0.15, -0.1) is 0 Å². The molecule has 0 bridgehead atoms. The minimum atomic E-state index is -1.81. The Bertz CT molecular complexity index is 230. The summed E-state index contributed by atoms with van der Waals surface area (Å²) in [5.74, 6) is 0.0924. The monoisotopic (exact) mass is 216 g/mol. The van der Waals surface area contributed by atoms with Crippen LogP contribution in [0.3, 0.4) is 0 Å². The Labute approximate surface area is 86.9 Å². The van der Waals surface area contributed by atoms with E-state index in [-0.39, 0.29) is 23.5 Å². The molecular formula is C10H20O3Si. The van der Waals surface area contributed by atoms with E-state index < -0.39 is 8.32 Å². The largest absolute Gasteiger partial charge is 0.404 e. The van der Waals surface area contributed by atoms with Gasteiger partial charge in [0.15, 0.2) is 14.1 Å². The van der Waals surface area contributed by atoms with Crippen molar-refractivity contribution >= 4 is 14.1 Å². The van der Waals surface area contributed by atoms with Crippen LogP contribution in [-0.2, 0) is 14.0 Å². The Morgan fingerprint density at radius 1 is 1.43 bits per heavy atom. The summed E-state index contributed by atoms with van der Waals surface area (Å²) >= 11 is 0. The van der Waals surface area contributed by atoms with E-state index in [0.717, 1.165) is 0 Å². The molecule has 14 heavy (non-hydrogen) atoms. The second-order valence-corrected chi connectivity index (χ2v) is 10.1. The lowest BCUT2D eigenvalue weighted by atomic mass is 10.2. The van der Waals surface area contributed by atoms with Crippen molar-refractivity contribution in [1.29, 1.82) is 0 Å². The molecule has 1 unspecified atom stereocenters. The maximum atomic E-state index is 11.4. The summed E-state index contributed by atoms with van der Waals surface area (Å²) in [6.07, 6.45) is -0.309. The molecule has 3 nitrogen and oxygen atoms in total. The van der Waals surface area contributed by atoms with Crippen LogP contribution in [0.2, 0.25) is 18.1 Å². The van der Waals surface area contributed by atoms with Crippen LogP contribution in [0.5, 0.6) is 0 Å². The Morgan fingerprint density at radius 3 is 2.36 bits per heavy atom. The number of ether oxygens (including phenoxy) is 1. The van der Waals surface area contributed by atoms with Crippen molar-refractivity contribution < 1.29 is 14.0 Å². The maximum Gasteiger partial charge on any atom is 0.193 e. The van der Waals surface area contributed by atoms with Gasteiger partial charge >= 0.3 is 0 Å². The van der Waals surface area contributed by atoms with E-state index in [1.54, 1.807) is 0 Å². The predicted octanol–water partition coefficient (Wildman–Crippen LogP) is 1.98. The molecule has 0 aliphatic carbocycles. The van der Waals surface area contributed by atoms with Gasteiger partial charge in [-0.1, -0.05) is 20.8 Å². The van der Waals surface area contributed by atoms with Crippen LogP contribution in [0.25, 0.3) is 0 Å². The second-order valence-electron chi connectivity index (χ2n) is 5.35. The van der Waals surface area contributed by atoms with Crippen molar-refractivity contribution in [2.24, 2.45) is 0 Å². The van der Waals surface area contributed by atoms with Crippen molar-refractivity contribution in [1.82, 2.24) is 0 Å². The first-order chi connectivity index (χ1) is 6.24. The Hall–Kier alpha value is -0.193. The molecule has 0 aromatic carbocycles.